The highest BCUT2D eigenvalue weighted by Gasteiger charge is 2.03. The molecule has 0 saturated carbocycles. The second-order valence-electron chi connectivity index (χ2n) is 2.49. The average molecular weight is 268 g/mol. The van der Waals surface area contributed by atoms with Crippen molar-refractivity contribution in [1.82, 2.24) is 0 Å². The number of hydrogen-bond acceptors (Lipinski definition) is 2. The number of halogens is 1. The second kappa shape index (κ2) is 5.57. The summed E-state index contributed by atoms with van der Waals surface area (Å²) >= 11 is 2.29. The molecule has 1 atom stereocenters. The minimum absolute atomic E-state index is 0.290. The maximum Gasteiger partial charge on any atom is 0.333 e. The monoisotopic (exact) mass is 268 g/mol. The summed E-state index contributed by atoms with van der Waals surface area (Å²) in [6.07, 6.45) is 0.902. The van der Waals surface area contributed by atoms with E-state index >= 15 is 0 Å². The van der Waals surface area contributed by atoms with E-state index in [2.05, 4.69) is 36.1 Å². The summed E-state index contributed by atoms with van der Waals surface area (Å²) in [4.78, 5) is 10.8. The van der Waals surface area contributed by atoms with E-state index in [-0.39, 0.29) is 5.97 Å². The van der Waals surface area contributed by atoms with Gasteiger partial charge in [0.05, 0.1) is 6.61 Å². The van der Waals surface area contributed by atoms with Crippen molar-refractivity contribution in [2.45, 2.75) is 24.2 Å². The molecule has 0 spiro atoms. The Morgan fingerprint density at radius 2 is 2.27 bits per heavy atom. The molecule has 0 aliphatic carbocycles. The number of ether oxygens (including phenoxy) is 1. The van der Waals surface area contributed by atoms with Gasteiger partial charge in [-0.2, -0.15) is 0 Å². The van der Waals surface area contributed by atoms with Gasteiger partial charge in [-0.1, -0.05) is 36.1 Å². The van der Waals surface area contributed by atoms with Gasteiger partial charge in [-0.25, -0.2) is 4.79 Å². The molecule has 64 valence electrons. The van der Waals surface area contributed by atoms with E-state index in [1.54, 1.807) is 6.92 Å². The minimum atomic E-state index is -0.290. The Morgan fingerprint density at radius 1 is 1.73 bits per heavy atom. The lowest BCUT2D eigenvalue weighted by Crippen LogP contribution is -2.08. The highest BCUT2D eigenvalue weighted by atomic mass is 127. The number of alkyl halides is 1. The average Bonchev–Trinajstić information content (AvgIpc) is 1.86. The van der Waals surface area contributed by atoms with Gasteiger partial charge >= 0.3 is 5.97 Å². The first-order valence-electron chi connectivity index (χ1n) is 3.50. The Hall–Kier alpha value is -0.0600. The van der Waals surface area contributed by atoms with Crippen LogP contribution in [0.5, 0.6) is 0 Å². The van der Waals surface area contributed by atoms with Gasteiger partial charge in [-0.3, -0.25) is 0 Å². The van der Waals surface area contributed by atoms with Crippen LogP contribution in [0.3, 0.4) is 0 Å². The third kappa shape index (κ3) is 6.34. The minimum Gasteiger partial charge on any atom is -0.462 e. The molecule has 0 aromatic rings. The van der Waals surface area contributed by atoms with Gasteiger partial charge in [-0.05, 0) is 13.3 Å². The summed E-state index contributed by atoms with van der Waals surface area (Å²) in [7, 11) is 0. The summed E-state index contributed by atoms with van der Waals surface area (Å²) in [6.45, 7) is 7.70. The van der Waals surface area contributed by atoms with Crippen LogP contribution in [0.1, 0.15) is 20.3 Å². The zero-order valence-corrected chi connectivity index (χ0v) is 9.05. The van der Waals surface area contributed by atoms with Gasteiger partial charge in [0.25, 0.3) is 0 Å². The molecule has 1 unspecified atom stereocenters. The maximum atomic E-state index is 10.8. The van der Waals surface area contributed by atoms with Crippen molar-refractivity contribution in [3.8, 4) is 0 Å². The van der Waals surface area contributed by atoms with Gasteiger partial charge in [-0.15, -0.1) is 0 Å². The Kier molecular flexibility index (Phi) is 5.54. The molecule has 0 fully saturated rings. The van der Waals surface area contributed by atoms with E-state index in [1.165, 1.54) is 0 Å². The van der Waals surface area contributed by atoms with Crippen LogP contribution < -0.4 is 0 Å². The van der Waals surface area contributed by atoms with Gasteiger partial charge < -0.3 is 4.74 Å². The molecular formula is C8H13IO2. The first-order valence-corrected chi connectivity index (χ1v) is 4.75. The van der Waals surface area contributed by atoms with Crippen LogP contribution in [0.25, 0.3) is 0 Å². The highest BCUT2D eigenvalue weighted by molar-refractivity contribution is 14.1. The zero-order valence-electron chi connectivity index (χ0n) is 6.89. The van der Waals surface area contributed by atoms with Crippen LogP contribution in [0.4, 0.5) is 0 Å². The van der Waals surface area contributed by atoms with Crippen LogP contribution in [-0.2, 0) is 9.53 Å². The molecular weight excluding hydrogens is 255 g/mol. The predicted molar refractivity (Wildman–Crippen MR) is 53.9 cm³/mol. The molecule has 0 heterocycles. The predicted octanol–water partition coefficient (Wildman–Crippen LogP) is 2.32. The van der Waals surface area contributed by atoms with Crippen molar-refractivity contribution in [3.63, 3.8) is 0 Å². The van der Waals surface area contributed by atoms with Crippen LogP contribution >= 0.6 is 22.6 Å². The summed E-state index contributed by atoms with van der Waals surface area (Å²) in [5.74, 6) is -0.290. The van der Waals surface area contributed by atoms with Gasteiger partial charge in [0, 0.05) is 9.50 Å². The van der Waals surface area contributed by atoms with Crippen molar-refractivity contribution in [2.75, 3.05) is 6.61 Å². The molecule has 0 radical (unpaired) electrons. The molecule has 0 rings (SSSR count). The first kappa shape index (κ1) is 10.9. The quantitative estimate of drug-likeness (QED) is 0.338. The third-order valence-electron chi connectivity index (χ3n) is 1.10. The fourth-order valence-corrected chi connectivity index (χ4v) is 0.691. The standard InChI is InChI=1S/C8H13IO2/c1-6(2)8(10)11-5-4-7(3)9/h7H,1,4-5H2,2-3H3. The zero-order chi connectivity index (χ0) is 8.85. The highest BCUT2D eigenvalue weighted by Crippen LogP contribution is 2.04. The molecule has 0 bridgehead atoms. The number of carbonyl (C=O) groups is 1. The van der Waals surface area contributed by atoms with Crippen LogP contribution in [0.2, 0.25) is 0 Å². The number of rotatable bonds is 4. The van der Waals surface area contributed by atoms with Crippen molar-refractivity contribution < 1.29 is 9.53 Å². The van der Waals surface area contributed by atoms with Crippen LogP contribution in [0.15, 0.2) is 12.2 Å². The Morgan fingerprint density at radius 3 is 2.64 bits per heavy atom. The lowest BCUT2D eigenvalue weighted by molar-refractivity contribution is -0.138. The van der Waals surface area contributed by atoms with Crippen molar-refractivity contribution in [3.05, 3.63) is 12.2 Å². The molecule has 0 amide bonds. The van der Waals surface area contributed by atoms with Crippen molar-refractivity contribution in [2.24, 2.45) is 0 Å². The smallest absolute Gasteiger partial charge is 0.333 e. The molecule has 0 saturated heterocycles. The Bertz CT molecular complexity index is 152. The first-order chi connectivity index (χ1) is 5.04. The summed E-state index contributed by atoms with van der Waals surface area (Å²) in [6, 6.07) is 0. The second-order valence-corrected chi connectivity index (χ2v) is 4.61. The number of carbonyl (C=O) groups excluding carboxylic acids is 1. The molecule has 0 N–H and O–H groups in total. The largest absolute Gasteiger partial charge is 0.462 e. The number of esters is 1. The van der Waals surface area contributed by atoms with Gasteiger partial charge in [0.15, 0.2) is 0 Å². The maximum absolute atomic E-state index is 10.8. The van der Waals surface area contributed by atoms with Gasteiger partial charge in [0.1, 0.15) is 0 Å². The normalized spacial score (nSPS) is 12.3. The lowest BCUT2D eigenvalue weighted by Gasteiger charge is -2.04. The third-order valence-corrected chi connectivity index (χ3v) is 1.72. The molecule has 3 heteroatoms. The van der Waals surface area contributed by atoms with Crippen molar-refractivity contribution in [1.29, 1.82) is 0 Å². The fourth-order valence-electron chi connectivity index (χ4n) is 0.437. The van der Waals surface area contributed by atoms with E-state index in [0.29, 0.717) is 16.1 Å². The lowest BCUT2D eigenvalue weighted by atomic mass is 10.3. The fraction of sp³-hybridized carbons (Fsp3) is 0.625. The molecule has 0 aromatic carbocycles. The SMILES string of the molecule is C=C(C)C(=O)OCCC(C)I. The summed E-state index contributed by atoms with van der Waals surface area (Å²) < 4.78 is 5.42. The molecule has 2 nitrogen and oxygen atoms in total. The van der Waals surface area contributed by atoms with E-state index in [0.717, 1.165) is 6.42 Å². The van der Waals surface area contributed by atoms with Gasteiger partial charge in [0.2, 0.25) is 0 Å². The topological polar surface area (TPSA) is 26.3 Å². The molecule has 0 aromatic heterocycles. The molecule has 11 heavy (non-hydrogen) atoms. The summed E-state index contributed by atoms with van der Waals surface area (Å²) in [5.41, 5.74) is 0.464. The molecule has 0 aliphatic heterocycles. The van der Waals surface area contributed by atoms with Crippen molar-refractivity contribution >= 4 is 28.6 Å². The van der Waals surface area contributed by atoms with Crippen LogP contribution in [0, 0.1) is 0 Å². The van der Waals surface area contributed by atoms with E-state index in [4.69, 9.17) is 4.74 Å². The van der Waals surface area contributed by atoms with E-state index in [1.807, 2.05) is 0 Å². The Balaban J connectivity index is 3.40. The number of hydrogen-bond donors (Lipinski definition) is 0. The Labute approximate surface area is 81.1 Å². The summed E-state index contributed by atoms with van der Waals surface area (Å²) in [5, 5.41) is 0. The van der Waals surface area contributed by atoms with E-state index < -0.39 is 0 Å². The molecule has 0 aliphatic rings. The van der Waals surface area contributed by atoms with Crippen LogP contribution in [-0.4, -0.2) is 16.5 Å². The van der Waals surface area contributed by atoms with E-state index in [9.17, 15) is 4.79 Å².